The Labute approximate surface area is 182 Å². The van der Waals surface area contributed by atoms with Crippen molar-refractivity contribution in [2.24, 2.45) is 0 Å². The lowest BCUT2D eigenvalue weighted by Crippen LogP contribution is -2.38. The third-order valence-corrected chi connectivity index (χ3v) is 5.17. The third-order valence-electron chi connectivity index (χ3n) is 4.93. The average Bonchev–Trinajstić information content (AvgIpc) is 2.77. The fourth-order valence-corrected chi connectivity index (χ4v) is 3.62. The van der Waals surface area contributed by atoms with E-state index < -0.39 is 0 Å². The van der Waals surface area contributed by atoms with Gasteiger partial charge in [-0.15, -0.1) is 0 Å². The van der Waals surface area contributed by atoms with E-state index in [2.05, 4.69) is 12.7 Å². The molecular weight excluding hydrogens is 400 g/mol. The van der Waals surface area contributed by atoms with Gasteiger partial charge in [-0.1, -0.05) is 49.4 Å². The summed E-state index contributed by atoms with van der Waals surface area (Å²) < 4.78 is 11.0. The van der Waals surface area contributed by atoms with E-state index in [0.29, 0.717) is 36.9 Å². The van der Waals surface area contributed by atoms with Gasteiger partial charge in [0.25, 0.3) is 0 Å². The van der Waals surface area contributed by atoms with Crippen LogP contribution in [0.15, 0.2) is 61.2 Å². The quantitative estimate of drug-likeness (QED) is 0.444. The highest BCUT2D eigenvalue weighted by Crippen LogP contribution is 2.37. The van der Waals surface area contributed by atoms with Crippen molar-refractivity contribution >= 4 is 29.0 Å². The molecule has 2 aromatic carbocycles. The zero-order chi connectivity index (χ0) is 21.5. The normalized spacial score (nSPS) is 16.0. The molecule has 0 aromatic heterocycles. The van der Waals surface area contributed by atoms with Crippen LogP contribution in [0.4, 0.5) is 10.5 Å². The Balaban J connectivity index is 1.95. The highest BCUT2D eigenvalue weighted by molar-refractivity contribution is 6.30. The molecule has 1 unspecified atom stereocenters. The van der Waals surface area contributed by atoms with Crippen molar-refractivity contribution in [1.29, 1.82) is 0 Å². The van der Waals surface area contributed by atoms with Crippen LogP contribution >= 0.6 is 11.6 Å². The zero-order valence-electron chi connectivity index (χ0n) is 17.1. The number of hydrogen-bond acceptors (Lipinski definition) is 4. The average molecular weight is 427 g/mol. The number of hydrogen-bond donors (Lipinski definition) is 1. The molecule has 1 atom stereocenters. The van der Waals surface area contributed by atoms with Crippen LogP contribution in [0.2, 0.25) is 5.02 Å². The van der Waals surface area contributed by atoms with Gasteiger partial charge in [-0.25, -0.2) is 4.79 Å². The molecular formula is C24H27ClN2O3. The molecule has 30 heavy (non-hydrogen) atoms. The molecule has 1 amide bonds. The summed E-state index contributed by atoms with van der Waals surface area (Å²) in [7, 11) is 0. The Kier molecular flexibility index (Phi) is 7.41. The molecule has 0 aliphatic carbocycles. The van der Waals surface area contributed by atoms with E-state index in [1.807, 2.05) is 37.3 Å². The van der Waals surface area contributed by atoms with Crippen LogP contribution in [-0.4, -0.2) is 30.8 Å². The number of carbonyl (C=O) groups excluding carboxylic acids is 1. The SMILES string of the molecule is C=CCOc1ccc(C2C=C(c3cc(Cl)ccc3N)CCN2C(=O)OCCC)cc1. The van der Waals surface area contributed by atoms with Gasteiger partial charge in [0.1, 0.15) is 12.4 Å². The highest BCUT2D eigenvalue weighted by Gasteiger charge is 2.29. The predicted octanol–water partition coefficient (Wildman–Crippen LogP) is 5.86. The topological polar surface area (TPSA) is 64.8 Å². The van der Waals surface area contributed by atoms with E-state index in [0.717, 1.165) is 28.9 Å². The minimum absolute atomic E-state index is 0.273. The van der Waals surface area contributed by atoms with Crippen LogP contribution in [0.3, 0.4) is 0 Å². The molecule has 1 aliphatic rings. The second-order valence-electron chi connectivity index (χ2n) is 7.09. The molecule has 0 saturated carbocycles. The van der Waals surface area contributed by atoms with Gasteiger partial charge in [0, 0.05) is 22.8 Å². The molecule has 0 radical (unpaired) electrons. The Morgan fingerprint density at radius 3 is 2.77 bits per heavy atom. The van der Waals surface area contributed by atoms with Crippen molar-refractivity contribution in [2.75, 3.05) is 25.5 Å². The summed E-state index contributed by atoms with van der Waals surface area (Å²) in [6.07, 6.45) is 4.90. The summed E-state index contributed by atoms with van der Waals surface area (Å²) in [5.74, 6) is 0.748. The Morgan fingerprint density at radius 2 is 2.07 bits per heavy atom. The number of halogens is 1. The van der Waals surface area contributed by atoms with Gasteiger partial charge >= 0.3 is 6.09 Å². The second-order valence-corrected chi connectivity index (χ2v) is 7.53. The summed E-state index contributed by atoms with van der Waals surface area (Å²) in [6.45, 7) is 7.00. The number of nitrogen functional groups attached to an aromatic ring is 1. The first-order chi connectivity index (χ1) is 14.5. The van der Waals surface area contributed by atoms with Gasteiger partial charge in [0.05, 0.1) is 12.6 Å². The van der Waals surface area contributed by atoms with Crippen molar-refractivity contribution in [1.82, 2.24) is 4.90 Å². The lowest BCUT2D eigenvalue weighted by Gasteiger charge is -2.34. The van der Waals surface area contributed by atoms with Crippen LogP contribution in [-0.2, 0) is 4.74 Å². The molecule has 3 rings (SSSR count). The maximum Gasteiger partial charge on any atom is 0.410 e. The molecule has 0 fully saturated rings. The van der Waals surface area contributed by atoms with E-state index >= 15 is 0 Å². The maximum atomic E-state index is 12.7. The first kappa shape index (κ1) is 21.8. The van der Waals surface area contributed by atoms with E-state index in [1.54, 1.807) is 23.1 Å². The van der Waals surface area contributed by atoms with Gasteiger partial charge in [-0.2, -0.15) is 0 Å². The van der Waals surface area contributed by atoms with Crippen molar-refractivity contribution in [2.45, 2.75) is 25.8 Å². The molecule has 2 N–H and O–H groups in total. The zero-order valence-corrected chi connectivity index (χ0v) is 17.9. The minimum Gasteiger partial charge on any atom is -0.490 e. The Bertz CT molecular complexity index is 925. The summed E-state index contributed by atoms with van der Waals surface area (Å²) in [4.78, 5) is 14.5. The van der Waals surface area contributed by atoms with Crippen molar-refractivity contribution < 1.29 is 14.3 Å². The van der Waals surface area contributed by atoms with Gasteiger partial charge in [-0.05, 0) is 54.3 Å². The van der Waals surface area contributed by atoms with Crippen LogP contribution in [0, 0.1) is 0 Å². The van der Waals surface area contributed by atoms with Crippen LogP contribution < -0.4 is 10.5 Å². The van der Waals surface area contributed by atoms with E-state index in [4.69, 9.17) is 26.8 Å². The largest absolute Gasteiger partial charge is 0.490 e. The van der Waals surface area contributed by atoms with E-state index in [9.17, 15) is 4.79 Å². The number of ether oxygens (including phenoxy) is 2. The Hall–Kier alpha value is -2.92. The fourth-order valence-electron chi connectivity index (χ4n) is 3.44. The molecule has 158 valence electrons. The van der Waals surface area contributed by atoms with Crippen molar-refractivity contribution in [3.63, 3.8) is 0 Å². The number of anilines is 1. The van der Waals surface area contributed by atoms with Crippen molar-refractivity contribution in [3.8, 4) is 5.75 Å². The van der Waals surface area contributed by atoms with Crippen molar-refractivity contribution in [3.05, 3.63) is 77.3 Å². The Morgan fingerprint density at radius 1 is 1.30 bits per heavy atom. The molecule has 5 nitrogen and oxygen atoms in total. The van der Waals surface area contributed by atoms with E-state index in [1.165, 1.54) is 0 Å². The molecule has 1 aliphatic heterocycles. The van der Waals surface area contributed by atoms with Gasteiger partial charge in [0.2, 0.25) is 0 Å². The predicted molar refractivity (Wildman–Crippen MR) is 122 cm³/mol. The number of nitrogens with two attached hydrogens (primary N) is 1. The number of nitrogens with zero attached hydrogens (tertiary/aromatic N) is 1. The first-order valence-electron chi connectivity index (χ1n) is 10.1. The summed E-state index contributed by atoms with van der Waals surface area (Å²) in [6, 6.07) is 12.9. The molecule has 1 heterocycles. The monoisotopic (exact) mass is 426 g/mol. The fraction of sp³-hybridized carbons (Fsp3) is 0.292. The van der Waals surface area contributed by atoms with Crippen LogP contribution in [0.1, 0.15) is 36.9 Å². The van der Waals surface area contributed by atoms with Crippen LogP contribution in [0.5, 0.6) is 5.75 Å². The third kappa shape index (κ3) is 5.16. The molecule has 6 heteroatoms. The summed E-state index contributed by atoms with van der Waals surface area (Å²) in [5.41, 5.74) is 9.80. The number of amides is 1. The van der Waals surface area contributed by atoms with Gasteiger partial charge < -0.3 is 15.2 Å². The number of benzene rings is 2. The molecule has 0 bridgehead atoms. The summed E-state index contributed by atoms with van der Waals surface area (Å²) >= 11 is 6.20. The maximum absolute atomic E-state index is 12.7. The highest BCUT2D eigenvalue weighted by atomic mass is 35.5. The second kappa shape index (κ2) is 10.2. The van der Waals surface area contributed by atoms with Gasteiger partial charge in [0.15, 0.2) is 0 Å². The van der Waals surface area contributed by atoms with Crippen LogP contribution in [0.25, 0.3) is 5.57 Å². The smallest absolute Gasteiger partial charge is 0.410 e. The summed E-state index contributed by atoms with van der Waals surface area (Å²) in [5, 5.41) is 0.630. The lowest BCUT2D eigenvalue weighted by atomic mass is 9.91. The number of carbonyl (C=O) groups is 1. The molecule has 0 saturated heterocycles. The van der Waals surface area contributed by atoms with Gasteiger partial charge in [-0.3, -0.25) is 4.90 Å². The molecule has 0 spiro atoms. The minimum atomic E-state index is -0.316. The lowest BCUT2D eigenvalue weighted by molar-refractivity contribution is 0.0924. The molecule has 2 aromatic rings. The number of rotatable bonds is 7. The van der Waals surface area contributed by atoms with E-state index in [-0.39, 0.29) is 12.1 Å². The standard InChI is InChI=1S/C24H27ClN2O3/c1-3-13-29-20-8-5-17(6-9-20)23-15-18(21-16-19(25)7-10-22(21)26)11-12-27(23)24(28)30-14-4-2/h3,5-10,15-16,23H,1,4,11-14,26H2,2H3. The first-order valence-corrected chi connectivity index (χ1v) is 10.4.